The van der Waals surface area contributed by atoms with E-state index in [4.69, 9.17) is 9.47 Å². The van der Waals surface area contributed by atoms with Gasteiger partial charge in [-0.05, 0) is 23.8 Å². The topological polar surface area (TPSA) is 97.8 Å². The van der Waals surface area contributed by atoms with Gasteiger partial charge in [0.15, 0.2) is 11.5 Å². The number of hydrogen-bond donors (Lipinski definition) is 2. The summed E-state index contributed by atoms with van der Waals surface area (Å²) in [4.78, 5) is 28.4. The number of carbonyl (C=O) groups excluding carboxylic acids is 1. The van der Waals surface area contributed by atoms with Gasteiger partial charge in [0.1, 0.15) is 11.0 Å². The van der Waals surface area contributed by atoms with E-state index in [1.165, 1.54) is 11.3 Å². The van der Waals surface area contributed by atoms with Crippen molar-refractivity contribution < 1.29 is 24.2 Å². The fraction of sp³-hybridized carbons (Fsp3) is 0.227. The molecule has 1 amide bonds. The van der Waals surface area contributed by atoms with Gasteiger partial charge in [-0.3, -0.25) is 4.79 Å². The second-order valence-electron chi connectivity index (χ2n) is 6.54. The zero-order chi connectivity index (χ0) is 21.5. The molecular formula is C22H22N2O5S. The van der Waals surface area contributed by atoms with Crippen molar-refractivity contribution in [2.75, 3.05) is 14.2 Å². The van der Waals surface area contributed by atoms with Gasteiger partial charge in [-0.1, -0.05) is 30.3 Å². The van der Waals surface area contributed by atoms with Crippen molar-refractivity contribution in [1.29, 1.82) is 0 Å². The summed E-state index contributed by atoms with van der Waals surface area (Å²) in [6.07, 6.45) is 0.220. The molecule has 1 atom stereocenters. The summed E-state index contributed by atoms with van der Waals surface area (Å²) >= 11 is 1.40. The van der Waals surface area contributed by atoms with E-state index in [2.05, 4.69) is 10.3 Å². The van der Waals surface area contributed by atoms with Gasteiger partial charge in [0, 0.05) is 17.4 Å². The number of aromatic nitrogens is 1. The first-order valence-electron chi connectivity index (χ1n) is 9.23. The van der Waals surface area contributed by atoms with Gasteiger partial charge in [0.2, 0.25) is 5.91 Å². The van der Waals surface area contributed by atoms with E-state index < -0.39 is 12.0 Å². The fourth-order valence-electron chi connectivity index (χ4n) is 2.95. The van der Waals surface area contributed by atoms with Crippen molar-refractivity contribution in [2.45, 2.75) is 18.9 Å². The van der Waals surface area contributed by atoms with E-state index in [1.54, 1.807) is 25.7 Å². The highest BCUT2D eigenvalue weighted by atomic mass is 32.1. The molecule has 0 spiro atoms. The van der Waals surface area contributed by atoms with Crippen LogP contribution in [0.1, 0.15) is 11.3 Å². The van der Waals surface area contributed by atoms with Crippen LogP contribution in [0.3, 0.4) is 0 Å². The van der Waals surface area contributed by atoms with Crippen LogP contribution in [-0.4, -0.2) is 42.2 Å². The number of thiazole rings is 1. The first-order valence-corrected chi connectivity index (χ1v) is 10.1. The minimum Gasteiger partial charge on any atom is -0.493 e. The van der Waals surface area contributed by atoms with Crippen LogP contribution in [-0.2, 0) is 22.4 Å². The molecule has 0 fully saturated rings. The fourth-order valence-corrected chi connectivity index (χ4v) is 3.77. The number of nitrogens with one attached hydrogen (secondary N) is 1. The normalized spacial score (nSPS) is 11.5. The molecule has 8 heteroatoms. The number of benzene rings is 2. The van der Waals surface area contributed by atoms with E-state index in [-0.39, 0.29) is 18.7 Å². The average Bonchev–Trinajstić information content (AvgIpc) is 3.21. The van der Waals surface area contributed by atoms with Gasteiger partial charge in [-0.15, -0.1) is 11.3 Å². The van der Waals surface area contributed by atoms with E-state index in [0.717, 1.165) is 16.1 Å². The number of aliphatic carboxylic acids is 1. The minimum absolute atomic E-state index is 0.00234. The molecule has 2 aromatic carbocycles. The van der Waals surface area contributed by atoms with E-state index in [0.29, 0.717) is 17.2 Å². The smallest absolute Gasteiger partial charge is 0.326 e. The molecule has 7 nitrogen and oxygen atoms in total. The molecule has 30 heavy (non-hydrogen) atoms. The molecule has 0 saturated carbocycles. The summed E-state index contributed by atoms with van der Waals surface area (Å²) in [5.74, 6) is -0.246. The second kappa shape index (κ2) is 9.89. The van der Waals surface area contributed by atoms with Gasteiger partial charge in [0.25, 0.3) is 0 Å². The molecule has 0 saturated heterocycles. The Bertz CT molecular complexity index is 1020. The predicted molar refractivity (Wildman–Crippen MR) is 114 cm³/mol. The summed E-state index contributed by atoms with van der Waals surface area (Å²) in [7, 11) is 3.13. The number of carboxylic acid groups (broad SMARTS) is 1. The lowest BCUT2D eigenvalue weighted by Crippen LogP contribution is -2.43. The number of methoxy groups -OCH3 is 2. The molecule has 1 heterocycles. The number of amides is 1. The maximum Gasteiger partial charge on any atom is 0.326 e. The van der Waals surface area contributed by atoms with Gasteiger partial charge in [-0.25, -0.2) is 9.78 Å². The number of carbonyl (C=O) groups is 2. The molecule has 3 rings (SSSR count). The molecule has 0 aliphatic carbocycles. The second-order valence-corrected chi connectivity index (χ2v) is 7.40. The van der Waals surface area contributed by atoms with Gasteiger partial charge >= 0.3 is 5.97 Å². The number of rotatable bonds is 9. The average molecular weight is 426 g/mol. The molecule has 0 aliphatic heterocycles. The molecule has 0 radical (unpaired) electrons. The van der Waals surface area contributed by atoms with Crippen LogP contribution in [0.25, 0.3) is 10.6 Å². The van der Waals surface area contributed by atoms with Crippen LogP contribution in [0.15, 0.2) is 53.9 Å². The van der Waals surface area contributed by atoms with E-state index >= 15 is 0 Å². The number of hydrogen-bond acceptors (Lipinski definition) is 6. The van der Waals surface area contributed by atoms with Crippen LogP contribution in [0, 0.1) is 0 Å². The highest BCUT2D eigenvalue weighted by Gasteiger charge is 2.21. The molecule has 1 unspecified atom stereocenters. The summed E-state index contributed by atoms with van der Waals surface area (Å²) in [5.41, 5.74) is 2.26. The Kier molecular flexibility index (Phi) is 7.03. The summed E-state index contributed by atoms with van der Waals surface area (Å²) < 4.78 is 10.6. The van der Waals surface area contributed by atoms with Crippen molar-refractivity contribution in [2.24, 2.45) is 0 Å². The van der Waals surface area contributed by atoms with Gasteiger partial charge in [-0.2, -0.15) is 0 Å². The molecule has 3 aromatic rings. The zero-order valence-electron chi connectivity index (χ0n) is 16.6. The largest absolute Gasteiger partial charge is 0.493 e. The lowest BCUT2D eigenvalue weighted by atomic mass is 10.1. The predicted octanol–water partition coefficient (Wildman–Crippen LogP) is 3.18. The molecular weight excluding hydrogens is 404 g/mol. The summed E-state index contributed by atoms with van der Waals surface area (Å²) in [6.45, 7) is 0. The standard InChI is InChI=1S/C22H22N2O5S/c1-28-18-9-8-15(11-19(18)29-2)21-23-16(13-30-21)12-20(25)24-17(22(26)27)10-14-6-4-3-5-7-14/h3-9,11,13,17H,10,12H2,1-2H3,(H,24,25)(H,26,27). The summed E-state index contributed by atoms with van der Waals surface area (Å²) in [5, 5.41) is 14.6. The van der Waals surface area contributed by atoms with Crippen LogP contribution in [0.5, 0.6) is 11.5 Å². The number of carboxylic acids is 1. The maximum atomic E-state index is 12.4. The third-order valence-corrected chi connectivity index (χ3v) is 5.38. The van der Waals surface area contributed by atoms with Gasteiger partial charge in [0.05, 0.1) is 26.3 Å². The van der Waals surface area contributed by atoms with E-state index in [1.807, 2.05) is 42.5 Å². The minimum atomic E-state index is -1.07. The molecule has 156 valence electrons. The Morgan fingerprint density at radius 3 is 2.50 bits per heavy atom. The molecule has 1 aromatic heterocycles. The Hall–Kier alpha value is -3.39. The zero-order valence-corrected chi connectivity index (χ0v) is 17.4. The third-order valence-electron chi connectivity index (χ3n) is 4.44. The van der Waals surface area contributed by atoms with Crippen molar-refractivity contribution >= 4 is 23.2 Å². The van der Waals surface area contributed by atoms with Crippen LogP contribution < -0.4 is 14.8 Å². The lowest BCUT2D eigenvalue weighted by Gasteiger charge is -2.14. The highest BCUT2D eigenvalue weighted by Crippen LogP contribution is 2.33. The van der Waals surface area contributed by atoms with Gasteiger partial charge < -0.3 is 19.9 Å². The first kappa shape index (κ1) is 21.3. The highest BCUT2D eigenvalue weighted by molar-refractivity contribution is 7.13. The van der Waals surface area contributed by atoms with Crippen LogP contribution >= 0.6 is 11.3 Å². The van der Waals surface area contributed by atoms with Crippen LogP contribution in [0.4, 0.5) is 0 Å². The van der Waals surface area contributed by atoms with Crippen LogP contribution in [0.2, 0.25) is 0 Å². The molecule has 0 bridgehead atoms. The van der Waals surface area contributed by atoms with Crippen molar-refractivity contribution in [3.05, 3.63) is 65.2 Å². The Balaban J connectivity index is 1.66. The first-order chi connectivity index (χ1) is 14.5. The monoisotopic (exact) mass is 426 g/mol. The summed E-state index contributed by atoms with van der Waals surface area (Å²) in [6, 6.07) is 13.7. The van der Waals surface area contributed by atoms with Crippen molar-refractivity contribution in [3.8, 4) is 22.1 Å². The number of nitrogens with zero attached hydrogens (tertiary/aromatic N) is 1. The SMILES string of the molecule is COc1ccc(-c2nc(CC(=O)NC(Cc3ccccc3)C(=O)O)cs2)cc1OC. The Morgan fingerprint density at radius 1 is 1.10 bits per heavy atom. The quantitative estimate of drug-likeness (QED) is 0.545. The number of ether oxygens (including phenoxy) is 2. The lowest BCUT2D eigenvalue weighted by molar-refractivity contribution is -0.141. The Labute approximate surface area is 178 Å². The Morgan fingerprint density at radius 2 is 1.83 bits per heavy atom. The van der Waals surface area contributed by atoms with E-state index in [9.17, 15) is 14.7 Å². The molecule has 2 N–H and O–H groups in total. The third kappa shape index (κ3) is 5.36. The molecule has 0 aliphatic rings. The van der Waals surface area contributed by atoms with Crippen molar-refractivity contribution in [3.63, 3.8) is 0 Å². The maximum absolute atomic E-state index is 12.4. The van der Waals surface area contributed by atoms with Crippen molar-refractivity contribution in [1.82, 2.24) is 10.3 Å².